The van der Waals surface area contributed by atoms with E-state index in [1.807, 2.05) is 18.2 Å². The molecule has 122 valence electrons. The number of esters is 1. The second-order valence-electron chi connectivity index (χ2n) is 4.53. The monoisotopic (exact) mass is 354 g/mol. The number of nitrogens with zero attached hydrogens (tertiary/aromatic N) is 1. The van der Waals surface area contributed by atoms with Crippen molar-refractivity contribution in [1.29, 1.82) is 0 Å². The fourth-order valence-corrected chi connectivity index (χ4v) is 2.61. The van der Waals surface area contributed by atoms with Gasteiger partial charge in [0.2, 0.25) is 0 Å². The van der Waals surface area contributed by atoms with Crippen molar-refractivity contribution in [2.24, 2.45) is 0 Å². The first-order valence-corrected chi connectivity index (χ1v) is 7.96. The van der Waals surface area contributed by atoms with Gasteiger partial charge in [0, 0.05) is 10.4 Å². The summed E-state index contributed by atoms with van der Waals surface area (Å²) in [6.07, 6.45) is 0.0753. The van der Waals surface area contributed by atoms with Gasteiger partial charge in [-0.05, 0) is 11.6 Å². The molecule has 0 saturated carbocycles. The molecule has 0 fully saturated rings. The molecule has 23 heavy (non-hydrogen) atoms. The molecule has 6 nitrogen and oxygen atoms in total. The molecular weight excluding hydrogens is 340 g/mol. The van der Waals surface area contributed by atoms with E-state index in [0.29, 0.717) is 15.8 Å². The molecule has 1 aromatic carbocycles. The summed E-state index contributed by atoms with van der Waals surface area (Å²) in [7, 11) is 1.31. The van der Waals surface area contributed by atoms with E-state index < -0.39 is 0 Å². The van der Waals surface area contributed by atoms with E-state index in [4.69, 9.17) is 16.3 Å². The Morgan fingerprint density at radius 2 is 2.13 bits per heavy atom. The predicted octanol–water partition coefficient (Wildman–Crippen LogP) is 2.67. The molecule has 0 bridgehead atoms. The molecule has 0 saturated heterocycles. The molecule has 8 heteroatoms. The van der Waals surface area contributed by atoms with Crippen LogP contribution in [-0.4, -0.2) is 30.6 Å². The number of carbonyl (C=O) groups is 2. The number of halogens is 1. The predicted molar refractivity (Wildman–Crippen MR) is 87.6 cm³/mol. The largest absolute Gasteiger partial charge is 0.469 e. The van der Waals surface area contributed by atoms with Crippen LogP contribution < -0.4 is 5.32 Å². The highest BCUT2D eigenvalue weighted by molar-refractivity contribution is 7.13. The van der Waals surface area contributed by atoms with E-state index >= 15 is 0 Å². The zero-order valence-corrected chi connectivity index (χ0v) is 13.9. The van der Waals surface area contributed by atoms with Gasteiger partial charge in [-0.15, -0.1) is 11.3 Å². The highest BCUT2D eigenvalue weighted by Crippen LogP contribution is 2.17. The van der Waals surface area contributed by atoms with Gasteiger partial charge in [-0.1, -0.05) is 29.8 Å². The zero-order chi connectivity index (χ0) is 16.7. The normalized spacial score (nSPS) is 10.3. The highest BCUT2D eigenvalue weighted by Gasteiger charge is 2.10. The lowest BCUT2D eigenvalue weighted by molar-refractivity contribution is -0.139. The SMILES string of the molecule is COC(=O)Cc1csc(NC(=O)COCc2ccccc2Cl)n1. The van der Waals surface area contributed by atoms with E-state index in [-0.39, 0.29) is 31.5 Å². The number of methoxy groups -OCH3 is 1. The summed E-state index contributed by atoms with van der Waals surface area (Å²) in [5.74, 6) is -0.702. The van der Waals surface area contributed by atoms with Crippen LogP contribution in [0.15, 0.2) is 29.6 Å². The number of rotatable bonds is 7. The molecule has 0 aliphatic rings. The highest BCUT2D eigenvalue weighted by atomic mass is 35.5. The third-order valence-electron chi connectivity index (χ3n) is 2.80. The Bertz CT molecular complexity index is 690. The Morgan fingerprint density at radius 1 is 1.35 bits per heavy atom. The number of aromatic nitrogens is 1. The number of ether oxygens (including phenoxy) is 2. The van der Waals surface area contributed by atoms with Crippen molar-refractivity contribution in [1.82, 2.24) is 4.98 Å². The number of amides is 1. The summed E-state index contributed by atoms with van der Waals surface area (Å²) < 4.78 is 9.89. The van der Waals surface area contributed by atoms with E-state index in [1.54, 1.807) is 11.4 Å². The third kappa shape index (κ3) is 5.63. The molecule has 2 aromatic rings. The zero-order valence-electron chi connectivity index (χ0n) is 12.4. The molecule has 1 heterocycles. The van der Waals surface area contributed by atoms with E-state index in [1.165, 1.54) is 18.4 Å². The number of benzene rings is 1. The summed E-state index contributed by atoms with van der Waals surface area (Å²) in [5.41, 5.74) is 1.37. The first kappa shape index (κ1) is 17.4. The van der Waals surface area contributed by atoms with Crippen molar-refractivity contribution < 1.29 is 19.1 Å². The summed E-state index contributed by atoms with van der Waals surface area (Å²) in [4.78, 5) is 27.0. The van der Waals surface area contributed by atoms with Gasteiger partial charge < -0.3 is 9.47 Å². The Morgan fingerprint density at radius 3 is 2.87 bits per heavy atom. The van der Waals surface area contributed by atoms with Crippen molar-refractivity contribution in [3.63, 3.8) is 0 Å². The van der Waals surface area contributed by atoms with Crippen molar-refractivity contribution in [2.75, 3.05) is 19.0 Å². The summed E-state index contributed by atoms with van der Waals surface area (Å²) >= 11 is 7.23. The molecule has 1 amide bonds. The van der Waals surface area contributed by atoms with Gasteiger partial charge in [0.15, 0.2) is 5.13 Å². The van der Waals surface area contributed by atoms with Gasteiger partial charge in [0.1, 0.15) is 6.61 Å². The molecule has 0 aliphatic carbocycles. The van der Waals surface area contributed by atoms with Gasteiger partial charge >= 0.3 is 5.97 Å². The fraction of sp³-hybridized carbons (Fsp3) is 0.267. The fourth-order valence-electron chi connectivity index (χ4n) is 1.69. The topological polar surface area (TPSA) is 77.5 Å². The van der Waals surface area contributed by atoms with Gasteiger partial charge in [0.25, 0.3) is 5.91 Å². The van der Waals surface area contributed by atoms with E-state index in [2.05, 4.69) is 15.0 Å². The quantitative estimate of drug-likeness (QED) is 0.773. The average Bonchev–Trinajstić information content (AvgIpc) is 2.96. The van der Waals surface area contributed by atoms with Crippen LogP contribution in [0.25, 0.3) is 0 Å². The minimum atomic E-state index is -0.378. The number of anilines is 1. The maximum absolute atomic E-state index is 11.8. The van der Waals surface area contributed by atoms with Gasteiger partial charge in [-0.3, -0.25) is 14.9 Å². The van der Waals surface area contributed by atoms with E-state index in [9.17, 15) is 9.59 Å². The van der Waals surface area contributed by atoms with Gasteiger partial charge in [-0.2, -0.15) is 0 Å². The molecule has 1 N–H and O–H groups in total. The third-order valence-corrected chi connectivity index (χ3v) is 3.98. The molecule has 1 aromatic heterocycles. The lowest BCUT2D eigenvalue weighted by atomic mass is 10.2. The molecule has 0 radical (unpaired) electrons. The van der Waals surface area contributed by atoms with Gasteiger partial charge in [0.05, 0.1) is 25.8 Å². The molecule has 2 rings (SSSR count). The lowest BCUT2D eigenvalue weighted by Gasteiger charge is -2.05. The van der Waals surface area contributed by atoms with Crippen molar-refractivity contribution >= 4 is 39.9 Å². The van der Waals surface area contributed by atoms with Crippen LogP contribution in [0, 0.1) is 0 Å². The van der Waals surface area contributed by atoms with Crippen LogP contribution in [0.5, 0.6) is 0 Å². The van der Waals surface area contributed by atoms with Crippen LogP contribution in [-0.2, 0) is 32.1 Å². The van der Waals surface area contributed by atoms with Crippen molar-refractivity contribution in [2.45, 2.75) is 13.0 Å². The number of carbonyl (C=O) groups excluding carboxylic acids is 2. The Kier molecular flexibility index (Phi) is 6.52. The minimum Gasteiger partial charge on any atom is -0.469 e. The molecule has 0 atom stereocenters. The van der Waals surface area contributed by atoms with Crippen LogP contribution in [0.1, 0.15) is 11.3 Å². The second kappa shape index (κ2) is 8.61. The molecule has 0 spiro atoms. The lowest BCUT2D eigenvalue weighted by Crippen LogP contribution is -2.18. The molecule has 0 aliphatic heterocycles. The van der Waals surface area contributed by atoms with Crippen LogP contribution in [0.2, 0.25) is 5.02 Å². The van der Waals surface area contributed by atoms with Gasteiger partial charge in [-0.25, -0.2) is 4.98 Å². The Labute approximate surface area is 142 Å². The number of thiazole rings is 1. The summed E-state index contributed by atoms with van der Waals surface area (Å²) in [6.45, 7) is 0.135. The smallest absolute Gasteiger partial charge is 0.311 e. The number of hydrogen-bond donors (Lipinski definition) is 1. The Balaban J connectivity index is 1.77. The summed E-state index contributed by atoms with van der Waals surface area (Å²) in [5, 5.41) is 5.31. The van der Waals surface area contributed by atoms with Crippen LogP contribution in [0.3, 0.4) is 0 Å². The minimum absolute atomic E-state index is 0.0753. The van der Waals surface area contributed by atoms with Crippen LogP contribution in [0.4, 0.5) is 5.13 Å². The van der Waals surface area contributed by atoms with E-state index in [0.717, 1.165) is 5.56 Å². The molecular formula is C15H15ClN2O4S. The van der Waals surface area contributed by atoms with Crippen molar-refractivity contribution in [3.05, 3.63) is 45.9 Å². The number of hydrogen-bond acceptors (Lipinski definition) is 6. The van der Waals surface area contributed by atoms with Crippen LogP contribution >= 0.6 is 22.9 Å². The first-order chi connectivity index (χ1) is 11.1. The standard InChI is InChI=1S/C15H15ClN2O4S/c1-21-14(20)6-11-9-23-15(17-11)18-13(19)8-22-7-10-4-2-3-5-12(10)16/h2-5,9H,6-8H2,1H3,(H,17,18,19). The first-order valence-electron chi connectivity index (χ1n) is 6.70. The maximum Gasteiger partial charge on any atom is 0.311 e. The van der Waals surface area contributed by atoms with Crippen molar-refractivity contribution in [3.8, 4) is 0 Å². The average molecular weight is 355 g/mol. The Hall–Kier alpha value is -1.96. The second-order valence-corrected chi connectivity index (χ2v) is 5.79. The molecule has 0 unspecified atom stereocenters. The number of nitrogens with one attached hydrogen (secondary N) is 1. The summed E-state index contributed by atoms with van der Waals surface area (Å²) in [6, 6.07) is 7.27. The maximum atomic E-state index is 11.8.